The molecule has 1 saturated carbocycles. The largest absolute Gasteiger partial charge is 0.454 e. The number of carbonyl (C=O) groups is 2. The fourth-order valence-corrected chi connectivity index (χ4v) is 4.42. The van der Waals surface area contributed by atoms with Crippen LogP contribution >= 0.6 is 23.5 Å². The van der Waals surface area contributed by atoms with Gasteiger partial charge in [-0.15, -0.1) is 0 Å². The van der Waals surface area contributed by atoms with Crippen molar-refractivity contribution >= 4 is 52.9 Å². The van der Waals surface area contributed by atoms with Crippen molar-refractivity contribution < 1.29 is 27.5 Å². The summed E-state index contributed by atoms with van der Waals surface area (Å²) in [5, 5.41) is 10.9. The molecule has 0 spiro atoms. The van der Waals surface area contributed by atoms with Gasteiger partial charge < -0.3 is 20.7 Å². The minimum absolute atomic E-state index is 0.0243. The molecule has 0 saturated heterocycles. The first-order valence-electron chi connectivity index (χ1n) is 13.0. The molecule has 1 aliphatic rings. The van der Waals surface area contributed by atoms with Gasteiger partial charge in [-0.1, -0.05) is 30.3 Å². The molecule has 1 aromatic heterocycles. The van der Waals surface area contributed by atoms with Crippen LogP contribution in [0.5, 0.6) is 6.01 Å². The Morgan fingerprint density at radius 1 is 1.05 bits per heavy atom. The van der Waals surface area contributed by atoms with Crippen molar-refractivity contribution in [1.29, 1.82) is 0 Å². The van der Waals surface area contributed by atoms with Gasteiger partial charge in [0.2, 0.25) is 17.8 Å². The van der Waals surface area contributed by atoms with Crippen molar-refractivity contribution in [3.05, 3.63) is 76.7 Å². The van der Waals surface area contributed by atoms with Crippen molar-refractivity contribution in [2.75, 3.05) is 23.8 Å². The zero-order valence-electron chi connectivity index (χ0n) is 23.2. The van der Waals surface area contributed by atoms with E-state index < -0.39 is 35.7 Å². The standard InChI is InChI=1S/C28H29ClF3N7O3S/c1-4-43-39-22(41)26(2,3)15-33-21(40)17-5-11-20(12-6-17)34-23-35-24(37-25(36-23)42-16-28(30,31)32)38-27(13-14-27)18-7-9-19(29)10-8-18/h4-12H,1,13-16H2,2-3H3,(H,33,40)(H,39,41)(H2,34,35,36,37,38). The fourth-order valence-electron chi connectivity index (χ4n) is 3.82. The highest BCUT2D eigenvalue weighted by Crippen LogP contribution is 2.48. The number of halogens is 4. The molecular formula is C28H29ClF3N7O3S. The molecule has 0 bridgehead atoms. The van der Waals surface area contributed by atoms with E-state index in [1.807, 2.05) is 12.1 Å². The van der Waals surface area contributed by atoms with Crippen molar-refractivity contribution in [1.82, 2.24) is 25.0 Å². The summed E-state index contributed by atoms with van der Waals surface area (Å²) in [6, 6.07) is 13.0. The molecule has 0 atom stereocenters. The van der Waals surface area contributed by atoms with Crippen LogP contribution in [0, 0.1) is 5.41 Å². The second-order valence-corrected chi connectivity index (χ2v) is 11.6. The summed E-state index contributed by atoms with van der Waals surface area (Å²) >= 11 is 7.06. The lowest BCUT2D eigenvalue weighted by Gasteiger charge is -2.23. The van der Waals surface area contributed by atoms with Gasteiger partial charge in [-0.25, -0.2) is 0 Å². The maximum Gasteiger partial charge on any atom is 0.422 e. The predicted octanol–water partition coefficient (Wildman–Crippen LogP) is 5.97. The van der Waals surface area contributed by atoms with E-state index in [4.69, 9.17) is 16.3 Å². The molecule has 2 aromatic carbocycles. The monoisotopic (exact) mass is 635 g/mol. The summed E-state index contributed by atoms with van der Waals surface area (Å²) in [6.07, 6.45) is -3.09. The Hall–Kier alpha value is -4.04. The first-order valence-corrected chi connectivity index (χ1v) is 14.3. The Morgan fingerprint density at radius 2 is 1.70 bits per heavy atom. The Morgan fingerprint density at radius 3 is 2.30 bits per heavy atom. The first-order chi connectivity index (χ1) is 20.3. The van der Waals surface area contributed by atoms with Crippen LogP contribution in [-0.2, 0) is 10.3 Å². The number of benzene rings is 2. The fraction of sp³-hybridized carbons (Fsp3) is 0.321. The molecule has 228 valence electrons. The van der Waals surface area contributed by atoms with Crippen LogP contribution in [0.1, 0.15) is 42.6 Å². The third-order valence-corrected chi connectivity index (χ3v) is 7.14. The topological polar surface area (TPSA) is 130 Å². The summed E-state index contributed by atoms with van der Waals surface area (Å²) in [5.41, 5.74) is 0.344. The zero-order chi connectivity index (χ0) is 31.3. The minimum Gasteiger partial charge on any atom is -0.454 e. The third-order valence-electron chi connectivity index (χ3n) is 6.42. The predicted molar refractivity (Wildman–Crippen MR) is 159 cm³/mol. The third kappa shape index (κ3) is 8.97. The van der Waals surface area contributed by atoms with Gasteiger partial charge in [-0.05, 0) is 86.0 Å². The smallest absolute Gasteiger partial charge is 0.422 e. The van der Waals surface area contributed by atoms with Crippen LogP contribution in [0.4, 0.5) is 30.8 Å². The van der Waals surface area contributed by atoms with Gasteiger partial charge in [0, 0.05) is 22.8 Å². The molecule has 4 rings (SSSR count). The van der Waals surface area contributed by atoms with E-state index >= 15 is 0 Å². The molecule has 1 fully saturated rings. The summed E-state index contributed by atoms with van der Waals surface area (Å²) in [4.78, 5) is 37.3. The molecule has 15 heteroatoms. The van der Waals surface area contributed by atoms with E-state index in [0.717, 1.165) is 30.4 Å². The van der Waals surface area contributed by atoms with E-state index in [-0.39, 0.29) is 24.3 Å². The van der Waals surface area contributed by atoms with E-state index in [9.17, 15) is 22.8 Å². The second kappa shape index (κ2) is 13.1. The molecule has 10 nitrogen and oxygen atoms in total. The summed E-state index contributed by atoms with van der Waals surface area (Å²) in [5.74, 6) is -0.696. The summed E-state index contributed by atoms with van der Waals surface area (Å²) < 4.78 is 46.0. The normalized spacial score (nSPS) is 13.9. The number of hydrogen-bond acceptors (Lipinski definition) is 9. The Bertz CT molecular complexity index is 1470. The minimum atomic E-state index is -4.59. The quantitative estimate of drug-likeness (QED) is 0.168. The summed E-state index contributed by atoms with van der Waals surface area (Å²) in [7, 11) is 0. The van der Waals surface area contributed by atoms with Gasteiger partial charge >= 0.3 is 12.2 Å². The van der Waals surface area contributed by atoms with Crippen LogP contribution in [-0.4, -0.2) is 46.1 Å². The molecule has 1 heterocycles. The maximum absolute atomic E-state index is 12.8. The number of aromatic nitrogens is 3. The van der Waals surface area contributed by atoms with Crippen LogP contribution in [0.3, 0.4) is 0 Å². The van der Waals surface area contributed by atoms with Gasteiger partial charge in [0.1, 0.15) is 0 Å². The molecule has 2 amide bonds. The highest BCUT2D eigenvalue weighted by atomic mass is 35.5. The maximum atomic E-state index is 12.8. The number of anilines is 3. The molecule has 43 heavy (non-hydrogen) atoms. The Labute approximate surface area is 255 Å². The van der Waals surface area contributed by atoms with E-state index in [0.29, 0.717) is 16.3 Å². The average molecular weight is 636 g/mol. The van der Waals surface area contributed by atoms with Crippen molar-refractivity contribution in [3.63, 3.8) is 0 Å². The van der Waals surface area contributed by atoms with Gasteiger partial charge in [0.05, 0.1) is 11.0 Å². The SMILES string of the molecule is C=CSNC(=O)C(C)(C)CNC(=O)c1ccc(Nc2nc(NC3(c4ccc(Cl)cc4)CC3)nc(OCC(F)(F)F)n2)cc1. The Balaban J connectivity index is 1.46. The van der Waals surface area contributed by atoms with Crippen LogP contribution in [0.25, 0.3) is 0 Å². The van der Waals surface area contributed by atoms with Gasteiger partial charge in [0.25, 0.3) is 5.91 Å². The lowest BCUT2D eigenvalue weighted by Crippen LogP contribution is -2.43. The highest BCUT2D eigenvalue weighted by Gasteiger charge is 2.45. The Kier molecular flexibility index (Phi) is 9.70. The van der Waals surface area contributed by atoms with Gasteiger partial charge in [-0.3, -0.25) is 14.3 Å². The van der Waals surface area contributed by atoms with Crippen LogP contribution in [0.15, 0.2) is 60.5 Å². The molecule has 0 unspecified atom stereocenters. The molecular weight excluding hydrogens is 607 g/mol. The molecule has 0 radical (unpaired) electrons. The van der Waals surface area contributed by atoms with E-state index in [2.05, 4.69) is 42.2 Å². The lowest BCUT2D eigenvalue weighted by atomic mass is 9.92. The number of nitrogens with one attached hydrogen (secondary N) is 4. The van der Waals surface area contributed by atoms with Gasteiger partial charge in [0.15, 0.2) is 6.61 Å². The number of rotatable bonds is 13. The second-order valence-electron chi connectivity index (χ2n) is 10.4. The van der Waals surface area contributed by atoms with E-state index in [1.165, 1.54) is 5.41 Å². The number of hydrogen-bond donors (Lipinski definition) is 4. The number of carbonyl (C=O) groups excluding carboxylic acids is 2. The van der Waals surface area contributed by atoms with Crippen LogP contribution < -0.4 is 25.4 Å². The van der Waals surface area contributed by atoms with Gasteiger partial charge in [-0.2, -0.15) is 28.1 Å². The van der Waals surface area contributed by atoms with Crippen molar-refractivity contribution in [3.8, 4) is 6.01 Å². The first kappa shape index (κ1) is 31.9. The summed E-state index contributed by atoms with van der Waals surface area (Å²) in [6.45, 7) is 5.44. The van der Waals surface area contributed by atoms with E-state index in [1.54, 1.807) is 50.2 Å². The van der Waals surface area contributed by atoms with Crippen molar-refractivity contribution in [2.24, 2.45) is 5.41 Å². The highest BCUT2D eigenvalue weighted by molar-refractivity contribution is 8.00. The number of nitrogens with zero attached hydrogens (tertiary/aromatic N) is 3. The molecule has 1 aliphatic carbocycles. The molecule has 0 aliphatic heterocycles. The number of ether oxygens (including phenoxy) is 1. The molecule has 4 N–H and O–H groups in total. The lowest BCUT2D eigenvalue weighted by molar-refractivity contribution is -0.154. The number of amides is 2. The molecule has 3 aromatic rings. The number of alkyl halides is 3. The van der Waals surface area contributed by atoms with Crippen LogP contribution in [0.2, 0.25) is 5.02 Å². The van der Waals surface area contributed by atoms with Crippen molar-refractivity contribution in [2.45, 2.75) is 38.4 Å². The zero-order valence-corrected chi connectivity index (χ0v) is 24.8. The average Bonchev–Trinajstić information content (AvgIpc) is 3.74.